The van der Waals surface area contributed by atoms with Gasteiger partial charge in [0.05, 0.1) is 26.2 Å². The first-order valence-electron chi connectivity index (χ1n) is 9.38. The lowest BCUT2D eigenvalue weighted by molar-refractivity contribution is -0.145. The average Bonchev–Trinajstić information content (AvgIpc) is 2.83. The van der Waals surface area contributed by atoms with Gasteiger partial charge in [-0.05, 0) is 38.0 Å². The molecule has 158 valence electrons. The Morgan fingerprint density at radius 1 is 1.07 bits per heavy atom. The van der Waals surface area contributed by atoms with E-state index in [1.807, 2.05) is 13.8 Å². The highest BCUT2D eigenvalue weighted by Gasteiger charge is 2.32. The number of halogens is 4. The molecule has 1 amide bonds. The molecule has 0 saturated carbocycles. The Labute approximate surface area is 171 Å². The third kappa shape index (κ3) is 6.84. The van der Waals surface area contributed by atoms with Crippen molar-refractivity contribution in [2.75, 3.05) is 45.9 Å². The van der Waals surface area contributed by atoms with E-state index in [0.717, 1.165) is 10.0 Å². The molecule has 1 heterocycles. The molecule has 0 aliphatic carbocycles. The van der Waals surface area contributed by atoms with Crippen molar-refractivity contribution in [2.24, 2.45) is 0 Å². The van der Waals surface area contributed by atoms with Crippen molar-refractivity contribution in [2.45, 2.75) is 32.9 Å². The predicted octanol–water partition coefficient (Wildman–Crippen LogP) is 3.89. The van der Waals surface area contributed by atoms with Crippen LogP contribution in [0.1, 0.15) is 25.8 Å². The summed E-state index contributed by atoms with van der Waals surface area (Å²) in [6.45, 7) is 5.09. The van der Waals surface area contributed by atoms with Gasteiger partial charge in [0.15, 0.2) is 11.5 Å². The van der Waals surface area contributed by atoms with Crippen LogP contribution in [-0.4, -0.2) is 67.8 Å². The number of carbonyl (C=O) groups is 1. The summed E-state index contributed by atoms with van der Waals surface area (Å²) in [5.74, 6) is 1.06. The summed E-state index contributed by atoms with van der Waals surface area (Å²) in [7, 11) is 0. The number of nitrogens with zero attached hydrogens (tertiary/aromatic N) is 2. The third-order valence-electron chi connectivity index (χ3n) is 4.40. The van der Waals surface area contributed by atoms with Gasteiger partial charge in [0.2, 0.25) is 5.91 Å². The monoisotopic (exact) mass is 466 g/mol. The number of ether oxygens (including phenoxy) is 2. The standard InChI is InChI=1S/C19H26BrF3N2O3/c1-3-27-16-10-14(15(20)12-17(16)28-4-2)11-18(26)25-7-5-6-24(8-9-25)13-19(21,22)23/h10,12H,3-9,11,13H2,1-2H3. The summed E-state index contributed by atoms with van der Waals surface area (Å²) in [5, 5.41) is 0. The van der Waals surface area contributed by atoms with Crippen molar-refractivity contribution in [3.8, 4) is 11.5 Å². The highest BCUT2D eigenvalue weighted by atomic mass is 79.9. The number of hydrogen-bond donors (Lipinski definition) is 0. The Hall–Kier alpha value is -1.48. The number of benzene rings is 1. The van der Waals surface area contributed by atoms with Crippen molar-refractivity contribution in [1.82, 2.24) is 9.80 Å². The van der Waals surface area contributed by atoms with E-state index in [9.17, 15) is 18.0 Å². The van der Waals surface area contributed by atoms with Crippen LogP contribution < -0.4 is 9.47 Å². The Kier molecular flexibility index (Phi) is 8.42. The Bertz CT molecular complexity index is 671. The van der Waals surface area contributed by atoms with Crippen LogP contribution in [0.15, 0.2) is 16.6 Å². The minimum Gasteiger partial charge on any atom is -0.490 e. The van der Waals surface area contributed by atoms with E-state index in [2.05, 4.69) is 15.9 Å². The van der Waals surface area contributed by atoms with Gasteiger partial charge in [-0.15, -0.1) is 0 Å². The average molecular weight is 467 g/mol. The molecule has 9 heteroatoms. The molecule has 1 fully saturated rings. The fourth-order valence-corrected chi connectivity index (χ4v) is 3.62. The summed E-state index contributed by atoms with van der Waals surface area (Å²) < 4.78 is 49.7. The molecule has 1 aliphatic rings. The van der Waals surface area contributed by atoms with Crippen LogP contribution in [0, 0.1) is 0 Å². The van der Waals surface area contributed by atoms with Gasteiger partial charge in [-0.2, -0.15) is 13.2 Å². The molecule has 1 saturated heterocycles. The summed E-state index contributed by atoms with van der Waals surface area (Å²) >= 11 is 3.47. The lowest BCUT2D eigenvalue weighted by atomic mass is 10.1. The summed E-state index contributed by atoms with van der Waals surface area (Å²) in [6, 6.07) is 3.56. The van der Waals surface area contributed by atoms with Crippen LogP contribution in [0.3, 0.4) is 0 Å². The van der Waals surface area contributed by atoms with Crippen LogP contribution in [0.4, 0.5) is 13.2 Å². The van der Waals surface area contributed by atoms with Gasteiger partial charge in [-0.1, -0.05) is 15.9 Å². The van der Waals surface area contributed by atoms with Gasteiger partial charge >= 0.3 is 6.18 Å². The first kappa shape index (κ1) is 22.8. The Morgan fingerprint density at radius 2 is 1.71 bits per heavy atom. The zero-order chi connectivity index (χ0) is 20.7. The number of carbonyl (C=O) groups excluding carboxylic acids is 1. The molecule has 1 aliphatic heterocycles. The van der Waals surface area contributed by atoms with Gasteiger partial charge in [0.1, 0.15) is 0 Å². The molecule has 0 unspecified atom stereocenters. The molecule has 0 atom stereocenters. The minimum absolute atomic E-state index is 0.110. The minimum atomic E-state index is -4.22. The Balaban J connectivity index is 2.04. The molecule has 0 radical (unpaired) electrons. The Morgan fingerprint density at radius 3 is 2.32 bits per heavy atom. The van der Waals surface area contributed by atoms with Crippen LogP contribution in [0.5, 0.6) is 11.5 Å². The second-order valence-electron chi connectivity index (χ2n) is 6.56. The van der Waals surface area contributed by atoms with Crippen LogP contribution in [0.25, 0.3) is 0 Å². The van der Waals surface area contributed by atoms with Gasteiger partial charge in [0.25, 0.3) is 0 Å². The second-order valence-corrected chi connectivity index (χ2v) is 7.41. The van der Waals surface area contributed by atoms with Crippen LogP contribution in [0.2, 0.25) is 0 Å². The largest absolute Gasteiger partial charge is 0.490 e. The van der Waals surface area contributed by atoms with E-state index < -0.39 is 12.7 Å². The number of alkyl halides is 3. The molecule has 0 N–H and O–H groups in total. The van der Waals surface area contributed by atoms with E-state index >= 15 is 0 Å². The van der Waals surface area contributed by atoms with Crippen LogP contribution >= 0.6 is 15.9 Å². The SMILES string of the molecule is CCOc1cc(Br)c(CC(=O)N2CCCN(CC(F)(F)F)CC2)cc1OCC. The number of hydrogen-bond acceptors (Lipinski definition) is 4. The maximum Gasteiger partial charge on any atom is 0.401 e. The predicted molar refractivity (Wildman–Crippen MR) is 104 cm³/mol. The zero-order valence-electron chi connectivity index (χ0n) is 16.1. The maximum absolute atomic E-state index is 12.7. The highest BCUT2D eigenvalue weighted by molar-refractivity contribution is 9.10. The molecular formula is C19H26BrF3N2O3. The maximum atomic E-state index is 12.7. The molecular weight excluding hydrogens is 441 g/mol. The van der Waals surface area contributed by atoms with Crippen LogP contribution in [-0.2, 0) is 11.2 Å². The van der Waals surface area contributed by atoms with E-state index in [-0.39, 0.29) is 18.9 Å². The van der Waals surface area contributed by atoms with Crippen molar-refractivity contribution < 1.29 is 27.4 Å². The molecule has 0 bridgehead atoms. The third-order valence-corrected chi connectivity index (χ3v) is 5.14. The zero-order valence-corrected chi connectivity index (χ0v) is 17.7. The molecule has 1 aromatic rings. The van der Waals surface area contributed by atoms with Crippen molar-refractivity contribution in [1.29, 1.82) is 0 Å². The van der Waals surface area contributed by atoms with E-state index in [4.69, 9.17) is 9.47 Å². The first-order chi connectivity index (χ1) is 13.2. The summed E-state index contributed by atoms with van der Waals surface area (Å²) in [4.78, 5) is 15.7. The van der Waals surface area contributed by atoms with Crippen molar-refractivity contribution >= 4 is 21.8 Å². The summed E-state index contributed by atoms with van der Waals surface area (Å²) in [6.07, 6.45) is -3.55. The molecule has 28 heavy (non-hydrogen) atoms. The smallest absolute Gasteiger partial charge is 0.401 e. The van der Waals surface area contributed by atoms with E-state index in [1.54, 1.807) is 17.0 Å². The normalized spacial score (nSPS) is 16.0. The van der Waals surface area contributed by atoms with E-state index in [1.165, 1.54) is 4.90 Å². The molecule has 0 spiro atoms. The lowest BCUT2D eigenvalue weighted by Crippen LogP contribution is -2.39. The second kappa shape index (κ2) is 10.3. The molecule has 5 nitrogen and oxygen atoms in total. The van der Waals surface area contributed by atoms with Gasteiger partial charge in [0, 0.05) is 30.7 Å². The molecule has 0 aromatic heterocycles. The number of rotatable bonds is 7. The lowest BCUT2D eigenvalue weighted by Gasteiger charge is -2.23. The first-order valence-corrected chi connectivity index (χ1v) is 10.2. The van der Waals surface area contributed by atoms with Gasteiger partial charge < -0.3 is 14.4 Å². The highest BCUT2D eigenvalue weighted by Crippen LogP contribution is 2.34. The topological polar surface area (TPSA) is 42.0 Å². The molecule has 2 rings (SSSR count). The molecule has 1 aromatic carbocycles. The van der Waals surface area contributed by atoms with Gasteiger partial charge in [-0.3, -0.25) is 9.69 Å². The van der Waals surface area contributed by atoms with Crippen molar-refractivity contribution in [3.05, 3.63) is 22.2 Å². The fraction of sp³-hybridized carbons (Fsp3) is 0.632. The van der Waals surface area contributed by atoms with Gasteiger partial charge in [-0.25, -0.2) is 0 Å². The fourth-order valence-electron chi connectivity index (χ4n) is 3.16. The van der Waals surface area contributed by atoms with E-state index in [0.29, 0.717) is 50.8 Å². The number of amides is 1. The van der Waals surface area contributed by atoms with Crippen molar-refractivity contribution in [3.63, 3.8) is 0 Å². The quantitative estimate of drug-likeness (QED) is 0.611. The summed E-state index contributed by atoms with van der Waals surface area (Å²) in [5.41, 5.74) is 0.758.